The van der Waals surface area contributed by atoms with E-state index in [4.69, 9.17) is 6.42 Å². The van der Waals surface area contributed by atoms with Crippen LogP contribution in [0.25, 0.3) is 5.65 Å². The van der Waals surface area contributed by atoms with Crippen molar-refractivity contribution in [3.63, 3.8) is 0 Å². The zero-order chi connectivity index (χ0) is 9.80. The molecule has 0 atom stereocenters. The molecule has 0 amide bonds. The minimum absolute atomic E-state index is 0.682. The summed E-state index contributed by atoms with van der Waals surface area (Å²) in [5.41, 5.74) is 0.729. The topological polar surface area (TPSA) is 55.1 Å². The molecule has 0 aliphatic rings. The molecule has 0 saturated heterocycles. The number of hydrogen-bond acceptors (Lipinski definition) is 4. The Morgan fingerprint density at radius 1 is 1.50 bits per heavy atom. The van der Waals surface area contributed by atoms with Crippen LogP contribution >= 0.6 is 0 Å². The largest absolute Gasteiger partial charge is 0.368 e. The lowest BCUT2D eigenvalue weighted by Gasteiger charge is -2.01. The first-order valence-corrected chi connectivity index (χ1v) is 4.24. The van der Waals surface area contributed by atoms with Crippen LogP contribution in [-0.4, -0.2) is 26.4 Å². The van der Waals surface area contributed by atoms with Crippen molar-refractivity contribution in [3.05, 3.63) is 18.5 Å². The first-order valence-electron chi connectivity index (χ1n) is 4.24. The fourth-order valence-electron chi connectivity index (χ4n) is 1.09. The third kappa shape index (κ3) is 1.64. The predicted octanol–water partition coefficient (Wildman–Crippen LogP) is 0.559. The second-order valence-corrected chi connectivity index (χ2v) is 2.73. The van der Waals surface area contributed by atoms with E-state index >= 15 is 0 Å². The van der Waals surface area contributed by atoms with Crippen LogP contribution in [0.2, 0.25) is 0 Å². The molecule has 0 aliphatic carbocycles. The smallest absolute Gasteiger partial charge is 0.177 e. The summed E-state index contributed by atoms with van der Waals surface area (Å²) >= 11 is 0. The van der Waals surface area contributed by atoms with E-state index < -0.39 is 0 Å². The van der Waals surface area contributed by atoms with E-state index in [1.807, 2.05) is 12.1 Å². The van der Waals surface area contributed by atoms with Crippen molar-refractivity contribution in [2.45, 2.75) is 6.42 Å². The third-order valence-electron chi connectivity index (χ3n) is 1.74. The molecule has 0 aliphatic heterocycles. The number of rotatable bonds is 3. The van der Waals surface area contributed by atoms with Gasteiger partial charge in [0.05, 0.1) is 0 Å². The SMILES string of the molecule is C#CCCNc1ccc2nncn2n1. The Morgan fingerprint density at radius 3 is 3.29 bits per heavy atom. The molecule has 2 heterocycles. The molecule has 2 rings (SSSR count). The fraction of sp³-hybridized carbons (Fsp3) is 0.222. The lowest BCUT2D eigenvalue weighted by molar-refractivity contribution is 0.916. The molecular formula is C9H9N5. The van der Waals surface area contributed by atoms with E-state index in [0.29, 0.717) is 6.42 Å². The van der Waals surface area contributed by atoms with Crippen LogP contribution in [0.1, 0.15) is 6.42 Å². The van der Waals surface area contributed by atoms with E-state index in [1.165, 1.54) is 0 Å². The number of fused-ring (bicyclic) bond motifs is 1. The number of nitrogens with zero attached hydrogens (tertiary/aromatic N) is 4. The Morgan fingerprint density at radius 2 is 2.43 bits per heavy atom. The fourth-order valence-corrected chi connectivity index (χ4v) is 1.09. The van der Waals surface area contributed by atoms with Gasteiger partial charge in [-0.3, -0.25) is 0 Å². The Balaban J connectivity index is 2.14. The van der Waals surface area contributed by atoms with Gasteiger partial charge in [-0.25, -0.2) is 0 Å². The van der Waals surface area contributed by atoms with Crippen LogP contribution in [-0.2, 0) is 0 Å². The summed E-state index contributed by atoms with van der Waals surface area (Å²) in [4.78, 5) is 0. The molecule has 1 N–H and O–H groups in total. The second-order valence-electron chi connectivity index (χ2n) is 2.73. The molecule has 0 fully saturated rings. The van der Waals surface area contributed by atoms with Gasteiger partial charge in [0.1, 0.15) is 12.1 Å². The van der Waals surface area contributed by atoms with Gasteiger partial charge in [-0.1, -0.05) is 0 Å². The summed E-state index contributed by atoms with van der Waals surface area (Å²) in [6.45, 7) is 0.719. The van der Waals surface area contributed by atoms with Crippen molar-refractivity contribution in [2.24, 2.45) is 0 Å². The van der Waals surface area contributed by atoms with Gasteiger partial charge in [-0.2, -0.15) is 4.52 Å². The highest BCUT2D eigenvalue weighted by Crippen LogP contribution is 2.03. The van der Waals surface area contributed by atoms with Gasteiger partial charge < -0.3 is 5.32 Å². The maximum atomic E-state index is 5.13. The van der Waals surface area contributed by atoms with Crippen molar-refractivity contribution >= 4 is 11.5 Å². The number of hydrogen-bond donors (Lipinski definition) is 1. The Hall–Kier alpha value is -2.09. The molecule has 0 saturated carbocycles. The zero-order valence-electron chi connectivity index (χ0n) is 7.51. The lowest BCUT2D eigenvalue weighted by Crippen LogP contribution is -2.04. The summed E-state index contributed by atoms with van der Waals surface area (Å²) in [6.07, 6.45) is 7.37. The van der Waals surface area contributed by atoms with E-state index in [1.54, 1.807) is 10.8 Å². The molecule has 5 heteroatoms. The number of aromatic nitrogens is 4. The Labute approximate surface area is 81.2 Å². The first kappa shape index (κ1) is 8.51. The summed E-state index contributed by atoms with van der Waals surface area (Å²) in [5.74, 6) is 3.32. The molecule has 2 aromatic rings. The average Bonchev–Trinajstić information content (AvgIpc) is 2.65. The van der Waals surface area contributed by atoms with Crippen molar-refractivity contribution in [3.8, 4) is 12.3 Å². The normalized spacial score (nSPS) is 9.93. The summed E-state index contributed by atoms with van der Waals surface area (Å²) in [6, 6.07) is 3.69. The molecule has 0 radical (unpaired) electrons. The molecule has 0 bridgehead atoms. The number of nitrogens with one attached hydrogen (secondary N) is 1. The zero-order valence-corrected chi connectivity index (χ0v) is 7.51. The minimum Gasteiger partial charge on any atom is -0.368 e. The van der Waals surface area contributed by atoms with Gasteiger partial charge in [0.25, 0.3) is 0 Å². The molecule has 70 valence electrons. The molecule has 0 unspecified atom stereocenters. The first-order chi connectivity index (χ1) is 6.90. The second kappa shape index (κ2) is 3.75. The standard InChI is InChI=1S/C9H9N5/c1-2-3-6-10-8-4-5-9-12-11-7-14(9)13-8/h1,4-5,7H,3,6H2,(H,10,13). The average molecular weight is 187 g/mol. The summed E-state index contributed by atoms with van der Waals surface area (Å²) in [5, 5.41) is 14.9. The quantitative estimate of drug-likeness (QED) is 0.563. The van der Waals surface area contributed by atoms with Crippen molar-refractivity contribution in [1.29, 1.82) is 0 Å². The molecule has 2 aromatic heterocycles. The highest BCUT2D eigenvalue weighted by atomic mass is 15.4. The molecule has 14 heavy (non-hydrogen) atoms. The molecule has 0 spiro atoms. The maximum absolute atomic E-state index is 5.13. The molecular weight excluding hydrogens is 178 g/mol. The van der Waals surface area contributed by atoms with Crippen molar-refractivity contribution in [2.75, 3.05) is 11.9 Å². The van der Waals surface area contributed by atoms with Crippen LogP contribution in [0, 0.1) is 12.3 Å². The van der Waals surface area contributed by atoms with E-state index in [-0.39, 0.29) is 0 Å². The van der Waals surface area contributed by atoms with E-state index in [9.17, 15) is 0 Å². The lowest BCUT2D eigenvalue weighted by atomic mass is 10.4. The van der Waals surface area contributed by atoms with Crippen molar-refractivity contribution in [1.82, 2.24) is 19.8 Å². The van der Waals surface area contributed by atoms with Crippen LogP contribution < -0.4 is 5.32 Å². The third-order valence-corrected chi connectivity index (χ3v) is 1.74. The summed E-state index contributed by atoms with van der Waals surface area (Å²) in [7, 11) is 0. The Kier molecular flexibility index (Phi) is 2.28. The van der Waals surface area contributed by atoms with Crippen LogP contribution in [0.5, 0.6) is 0 Å². The van der Waals surface area contributed by atoms with Gasteiger partial charge in [-0.05, 0) is 12.1 Å². The predicted molar refractivity (Wildman–Crippen MR) is 52.7 cm³/mol. The van der Waals surface area contributed by atoms with Gasteiger partial charge in [0.2, 0.25) is 0 Å². The molecule has 0 aromatic carbocycles. The number of anilines is 1. The van der Waals surface area contributed by atoms with Crippen molar-refractivity contribution < 1.29 is 0 Å². The van der Waals surface area contributed by atoms with E-state index in [0.717, 1.165) is 18.0 Å². The van der Waals surface area contributed by atoms with Crippen LogP contribution in [0.4, 0.5) is 5.82 Å². The minimum atomic E-state index is 0.682. The highest BCUT2D eigenvalue weighted by molar-refractivity contribution is 5.42. The monoisotopic (exact) mass is 187 g/mol. The van der Waals surface area contributed by atoms with Gasteiger partial charge in [0, 0.05) is 13.0 Å². The maximum Gasteiger partial charge on any atom is 0.177 e. The summed E-state index contributed by atoms with van der Waals surface area (Å²) < 4.78 is 1.61. The van der Waals surface area contributed by atoms with E-state index in [2.05, 4.69) is 26.5 Å². The highest BCUT2D eigenvalue weighted by Gasteiger charge is 1.97. The van der Waals surface area contributed by atoms with Crippen LogP contribution in [0.15, 0.2) is 18.5 Å². The number of terminal acetylenes is 1. The van der Waals surface area contributed by atoms with Crippen LogP contribution in [0.3, 0.4) is 0 Å². The van der Waals surface area contributed by atoms with Gasteiger partial charge in [-0.15, -0.1) is 27.6 Å². The molecule has 5 nitrogen and oxygen atoms in total. The van der Waals surface area contributed by atoms with Gasteiger partial charge in [0.15, 0.2) is 5.65 Å². The van der Waals surface area contributed by atoms with Gasteiger partial charge >= 0.3 is 0 Å². The Bertz CT molecular complexity index is 467.